The zero-order valence-corrected chi connectivity index (χ0v) is 12.8. The molecule has 116 valence electrons. The fourth-order valence-electron chi connectivity index (χ4n) is 1.75. The number of halogens is 1. The number of rotatable bonds is 4. The van der Waals surface area contributed by atoms with E-state index in [0.29, 0.717) is 11.1 Å². The van der Waals surface area contributed by atoms with Crippen molar-refractivity contribution in [3.63, 3.8) is 0 Å². The van der Waals surface area contributed by atoms with Crippen LogP contribution in [0.1, 0.15) is 12.5 Å². The van der Waals surface area contributed by atoms with Crippen molar-refractivity contribution < 1.29 is 17.6 Å². The SMILES string of the molecule is C/C(=C\C(=O)NS(=O)(=O)c1cnn(C)c1)c1ccc(F)cc1. The summed E-state index contributed by atoms with van der Waals surface area (Å²) in [6, 6.07) is 5.53. The molecule has 0 spiro atoms. The summed E-state index contributed by atoms with van der Waals surface area (Å²) in [5.41, 5.74) is 1.13. The first kappa shape index (κ1) is 15.9. The lowest BCUT2D eigenvalue weighted by atomic mass is 10.1. The van der Waals surface area contributed by atoms with Crippen molar-refractivity contribution in [2.75, 3.05) is 0 Å². The van der Waals surface area contributed by atoms with E-state index >= 15 is 0 Å². The summed E-state index contributed by atoms with van der Waals surface area (Å²) in [7, 11) is -2.39. The Kier molecular flexibility index (Phi) is 4.41. The van der Waals surface area contributed by atoms with Crippen molar-refractivity contribution in [2.45, 2.75) is 11.8 Å². The second-order valence-corrected chi connectivity index (χ2v) is 6.34. The number of hydrogen-bond acceptors (Lipinski definition) is 4. The van der Waals surface area contributed by atoms with Crippen LogP contribution in [0.25, 0.3) is 5.57 Å². The molecule has 0 unspecified atom stereocenters. The minimum Gasteiger partial charge on any atom is -0.274 e. The van der Waals surface area contributed by atoms with E-state index < -0.39 is 15.9 Å². The number of carbonyl (C=O) groups excluding carboxylic acids is 1. The standard InChI is InChI=1S/C14H14FN3O3S/c1-10(11-3-5-12(15)6-4-11)7-14(19)17-22(20,21)13-8-16-18(2)9-13/h3-9H,1-2H3,(H,17,19)/b10-7+. The third-order valence-electron chi connectivity index (χ3n) is 2.87. The average Bonchev–Trinajstić information content (AvgIpc) is 2.86. The number of nitrogens with zero attached hydrogens (tertiary/aromatic N) is 2. The van der Waals surface area contributed by atoms with Crippen LogP contribution in [0, 0.1) is 5.82 Å². The van der Waals surface area contributed by atoms with Gasteiger partial charge >= 0.3 is 0 Å². The molecule has 0 saturated carbocycles. The lowest BCUT2D eigenvalue weighted by molar-refractivity contribution is -0.114. The second kappa shape index (κ2) is 6.10. The number of sulfonamides is 1. The third kappa shape index (κ3) is 3.79. The Bertz CT molecular complexity index is 823. The monoisotopic (exact) mass is 323 g/mol. The Morgan fingerprint density at radius 2 is 1.95 bits per heavy atom. The van der Waals surface area contributed by atoms with E-state index in [4.69, 9.17) is 0 Å². The molecule has 0 atom stereocenters. The van der Waals surface area contributed by atoms with Gasteiger partial charge in [-0.3, -0.25) is 9.48 Å². The van der Waals surface area contributed by atoms with Crippen LogP contribution in [0.15, 0.2) is 47.6 Å². The highest BCUT2D eigenvalue weighted by Gasteiger charge is 2.18. The van der Waals surface area contributed by atoms with Crippen LogP contribution in [-0.2, 0) is 21.9 Å². The summed E-state index contributed by atoms with van der Waals surface area (Å²) in [6.45, 7) is 1.63. The van der Waals surface area contributed by atoms with E-state index in [2.05, 4.69) is 5.10 Å². The maximum Gasteiger partial charge on any atom is 0.267 e. The number of nitrogens with one attached hydrogen (secondary N) is 1. The first-order valence-corrected chi connectivity index (χ1v) is 7.76. The summed E-state index contributed by atoms with van der Waals surface area (Å²) >= 11 is 0. The molecule has 1 aromatic carbocycles. The van der Waals surface area contributed by atoms with Crippen LogP contribution >= 0.6 is 0 Å². The van der Waals surface area contributed by atoms with Crippen LogP contribution in [0.3, 0.4) is 0 Å². The fraction of sp³-hybridized carbons (Fsp3) is 0.143. The topological polar surface area (TPSA) is 81.1 Å². The van der Waals surface area contributed by atoms with Crippen LogP contribution in [0.2, 0.25) is 0 Å². The molecule has 0 bridgehead atoms. The zero-order valence-electron chi connectivity index (χ0n) is 11.9. The van der Waals surface area contributed by atoms with E-state index in [-0.39, 0.29) is 10.7 Å². The summed E-state index contributed by atoms with van der Waals surface area (Å²) in [5, 5.41) is 3.74. The molecule has 1 aromatic heterocycles. The molecule has 1 amide bonds. The van der Waals surface area contributed by atoms with Gasteiger partial charge in [-0.15, -0.1) is 0 Å². The predicted octanol–water partition coefficient (Wildman–Crippen LogP) is 1.47. The van der Waals surface area contributed by atoms with Crippen molar-refractivity contribution in [1.29, 1.82) is 0 Å². The summed E-state index contributed by atoms with van der Waals surface area (Å²) in [5.74, 6) is -1.18. The van der Waals surface area contributed by atoms with Gasteiger partial charge in [-0.1, -0.05) is 12.1 Å². The predicted molar refractivity (Wildman–Crippen MR) is 78.6 cm³/mol. The number of aromatic nitrogens is 2. The van der Waals surface area contributed by atoms with Gasteiger partial charge in [0.2, 0.25) is 0 Å². The average molecular weight is 323 g/mol. The third-order valence-corrected chi connectivity index (χ3v) is 4.17. The van der Waals surface area contributed by atoms with Crippen molar-refractivity contribution in [1.82, 2.24) is 14.5 Å². The van der Waals surface area contributed by atoms with Gasteiger partial charge in [0.05, 0.1) is 6.20 Å². The molecule has 0 aliphatic carbocycles. The Morgan fingerprint density at radius 3 is 2.50 bits per heavy atom. The molecular weight excluding hydrogens is 309 g/mol. The number of aryl methyl sites for hydroxylation is 1. The van der Waals surface area contributed by atoms with Crippen LogP contribution in [0.4, 0.5) is 4.39 Å². The number of amides is 1. The Hall–Kier alpha value is -2.48. The number of benzene rings is 1. The van der Waals surface area contributed by atoms with Crippen LogP contribution in [-0.4, -0.2) is 24.1 Å². The molecule has 0 saturated heterocycles. The summed E-state index contributed by atoms with van der Waals surface area (Å²) in [6.07, 6.45) is 3.57. The number of allylic oxidation sites excluding steroid dienone is 1. The van der Waals surface area contributed by atoms with E-state index in [9.17, 15) is 17.6 Å². The normalized spacial score (nSPS) is 12.2. The van der Waals surface area contributed by atoms with Gasteiger partial charge in [0, 0.05) is 19.3 Å². The van der Waals surface area contributed by atoms with Crippen molar-refractivity contribution in [3.05, 3.63) is 54.1 Å². The minimum absolute atomic E-state index is 0.101. The molecule has 22 heavy (non-hydrogen) atoms. The van der Waals surface area contributed by atoms with Gasteiger partial charge < -0.3 is 0 Å². The van der Waals surface area contributed by atoms with E-state index in [1.165, 1.54) is 35.1 Å². The van der Waals surface area contributed by atoms with Gasteiger partial charge in [-0.05, 0) is 30.2 Å². The maximum absolute atomic E-state index is 12.8. The van der Waals surface area contributed by atoms with E-state index in [1.54, 1.807) is 14.0 Å². The molecule has 0 radical (unpaired) electrons. The Morgan fingerprint density at radius 1 is 1.32 bits per heavy atom. The first-order valence-electron chi connectivity index (χ1n) is 6.27. The molecule has 6 nitrogen and oxygen atoms in total. The molecule has 8 heteroatoms. The van der Waals surface area contributed by atoms with Gasteiger partial charge in [-0.2, -0.15) is 5.10 Å². The molecule has 1 heterocycles. The highest BCUT2D eigenvalue weighted by molar-refractivity contribution is 7.90. The van der Waals surface area contributed by atoms with E-state index in [0.717, 1.165) is 12.3 Å². The lowest BCUT2D eigenvalue weighted by Gasteiger charge is -2.04. The molecule has 0 aliphatic rings. The molecule has 2 rings (SSSR count). The van der Waals surface area contributed by atoms with Crippen molar-refractivity contribution in [3.8, 4) is 0 Å². The molecule has 0 fully saturated rings. The summed E-state index contributed by atoms with van der Waals surface area (Å²) in [4.78, 5) is 11.7. The highest BCUT2D eigenvalue weighted by Crippen LogP contribution is 2.14. The fourth-order valence-corrected chi connectivity index (χ4v) is 2.67. The smallest absolute Gasteiger partial charge is 0.267 e. The largest absolute Gasteiger partial charge is 0.274 e. The zero-order chi connectivity index (χ0) is 16.3. The Labute approximate surface area is 127 Å². The highest BCUT2D eigenvalue weighted by atomic mass is 32.2. The molecular formula is C14H14FN3O3S. The number of hydrogen-bond donors (Lipinski definition) is 1. The van der Waals surface area contributed by atoms with Crippen molar-refractivity contribution in [2.24, 2.45) is 7.05 Å². The van der Waals surface area contributed by atoms with Crippen LogP contribution < -0.4 is 4.72 Å². The van der Waals surface area contributed by atoms with Gasteiger partial charge in [0.25, 0.3) is 15.9 Å². The second-order valence-electron chi connectivity index (χ2n) is 4.65. The first-order chi connectivity index (χ1) is 10.3. The molecule has 2 aromatic rings. The lowest BCUT2D eigenvalue weighted by Crippen LogP contribution is -2.29. The molecule has 1 N–H and O–H groups in total. The van der Waals surface area contributed by atoms with Gasteiger partial charge in [0.15, 0.2) is 0 Å². The van der Waals surface area contributed by atoms with Crippen LogP contribution in [0.5, 0.6) is 0 Å². The van der Waals surface area contributed by atoms with E-state index in [1.807, 2.05) is 4.72 Å². The Balaban J connectivity index is 2.15. The quantitative estimate of drug-likeness (QED) is 0.864. The minimum atomic E-state index is -3.96. The molecule has 0 aliphatic heterocycles. The van der Waals surface area contributed by atoms with Crippen molar-refractivity contribution >= 4 is 21.5 Å². The van der Waals surface area contributed by atoms with Gasteiger partial charge in [0.1, 0.15) is 10.7 Å². The summed E-state index contributed by atoms with van der Waals surface area (Å²) < 4.78 is 40.0. The maximum atomic E-state index is 12.8. The van der Waals surface area contributed by atoms with Gasteiger partial charge in [-0.25, -0.2) is 17.5 Å². The number of carbonyl (C=O) groups is 1.